The van der Waals surface area contributed by atoms with Gasteiger partial charge in [-0.25, -0.2) is 8.42 Å². The first-order valence-corrected chi connectivity index (χ1v) is 9.59. The molecule has 0 bridgehead atoms. The number of hydrogen-bond acceptors (Lipinski definition) is 5. The molecule has 0 saturated heterocycles. The van der Waals surface area contributed by atoms with Gasteiger partial charge in [-0.1, -0.05) is 0 Å². The summed E-state index contributed by atoms with van der Waals surface area (Å²) in [6.45, 7) is 5.71. The Morgan fingerprint density at radius 3 is 2.40 bits per heavy atom. The number of amides is 1. The van der Waals surface area contributed by atoms with Crippen molar-refractivity contribution in [2.45, 2.75) is 31.7 Å². The lowest BCUT2D eigenvalue weighted by Crippen LogP contribution is -2.26. The first kappa shape index (κ1) is 19.2. The second-order valence-corrected chi connectivity index (χ2v) is 8.01. The van der Waals surface area contributed by atoms with Crippen LogP contribution in [0.25, 0.3) is 0 Å². The predicted molar refractivity (Wildman–Crippen MR) is 94.4 cm³/mol. The minimum atomic E-state index is -3.40. The van der Waals surface area contributed by atoms with Gasteiger partial charge in [0.15, 0.2) is 9.84 Å². The Labute approximate surface area is 148 Å². The molecule has 1 amide bonds. The number of hydrogen-bond donors (Lipinski definition) is 1. The Kier molecular flexibility index (Phi) is 6.02. The van der Waals surface area contributed by atoms with Crippen LogP contribution >= 0.6 is 0 Å². The zero-order valence-corrected chi connectivity index (χ0v) is 15.6. The maximum Gasteiger partial charge on any atom is 0.251 e. The number of aryl methyl sites for hydroxylation is 2. The number of methoxy groups -OCH3 is 1. The van der Waals surface area contributed by atoms with Gasteiger partial charge in [-0.2, -0.15) is 0 Å². The number of carbonyl (C=O) groups excluding carboxylic acids is 1. The van der Waals surface area contributed by atoms with Crippen molar-refractivity contribution in [3.63, 3.8) is 0 Å². The van der Waals surface area contributed by atoms with Crippen LogP contribution < -0.4 is 5.32 Å². The van der Waals surface area contributed by atoms with Crippen molar-refractivity contribution in [1.29, 1.82) is 0 Å². The van der Waals surface area contributed by atoms with Crippen LogP contribution in [0.1, 0.15) is 40.4 Å². The third kappa shape index (κ3) is 4.70. The van der Waals surface area contributed by atoms with Crippen molar-refractivity contribution in [2.75, 3.05) is 19.5 Å². The van der Waals surface area contributed by atoms with Gasteiger partial charge in [-0.05, 0) is 51.1 Å². The highest BCUT2D eigenvalue weighted by Gasteiger charge is 2.18. The predicted octanol–water partition coefficient (Wildman–Crippen LogP) is 2.81. The summed E-state index contributed by atoms with van der Waals surface area (Å²) in [5, 5.41) is 2.89. The molecule has 136 valence electrons. The fourth-order valence-corrected chi connectivity index (χ4v) is 3.74. The standard InChI is InChI=1S/C18H23NO5S/c1-12-11-17(14(3)24-12)13(2)19-18(20)15-5-7-16(8-6-15)25(21,22)10-9-23-4/h5-8,11,13H,9-10H2,1-4H3,(H,19,20). The van der Waals surface area contributed by atoms with E-state index in [-0.39, 0.29) is 29.2 Å². The molecule has 1 atom stereocenters. The number of carbonyl (C=O) groups is 1. The van der Waals surface area contributed by atoms with Crippen LogP contribution in [-0.2, 0) is 14.6 Å². The molecule has 0 fully saturated rings. The number of sulfone groups is 1. The summed E-state index contributed by atoms with van der Waals surface area (Å²) in [7, 11) is -1.95. The summed E-state index contributed by atoms with van der Waals surface area (Å²) in [4.78, 5) is 12.5. The van der Waals surface area contributed by atoms with E-state index in [1.165, 1.54) is 31.4 Å². The molecule has 0 aliphatic heterocycles. The summed E-state index contributed by atoms with van der Waals surface area (Å²) in [5.74, 6) is 1.20. The van der Waals surface area contributed by atoms with Crippen molar-refractivity contribution in [3.8, 4) is 0 Å². The quantitative estimate of drug-likeness (QED) is 0.815. The second-order valence-electron chi connectivity index (χ2n) is 5.90. The molecular weight excluding hydrogens is 342 g/mol. The van der Waals surface area contributed by atoms with Crippen molar-refractivity contribution < 1.29 is 22.4 Å². The van der Waals surface area contributed by atoms with Gasteiger partial charge in [-0.15, -0.1) is 0 Å². The van der Waals surface area contributed by atoms with Crippen LogP contribution in [0.5, 0.6) is 0 Å². The fraction of sp³-hybridized carbons (Fsp3) is 0.389. The molecule has 0 saturated carbocycles. The van der Waals surface area contributed by atoms with E-state index in [0.29, 0.717) is 5.56 Å². The average Bonchev–Trinajstić information content (AvgIpc) is 2.91. The van der Waals surface area contributed by atoms with E-state index in [4.69, 9.17) is 9.15 Å². The van der Waals surface area contributed by atoms with Gasteiger partial charge in [0.1, 0.15) is 11.5 Å². The summed E-state index contributed by atoms with van der Waals surface area (Å²) in [6.07, 6.45) is 0. The number of rotatable bonds is 7. The van der Waals surface area contributed by atoms with E-state index < -0.39 is 9.84 Å². The van der Waals surface area contributed by atoms with E-state index in [1.807, 2.05) is 26.8 Å². The van der Waals surface area contributed by atoms with Crippen LogP contribution in [0.15, 0.2) is 39.6 Å². The smallest absolute Gasteiger partial charge is 0.251 e. The van der Waals surface area contributed by atoms with Crippen molar-refractivity contribution in [3.05, 3.63) is 53.0 Å². The van der Waals surface area contributed by atoms with E-state index in [0.717, 1.165) is 17.1 Å². The number of furan rings is 1. The Bertz CT molecular complexity index is 837. The van der Waals surface area contributed by atoms with Gasteiger partial charge in [0, 0.05) is 18.2 Å². The maximum absolute atomic E-state index is 12.4. The van der Waals surface area contributed by atoms with Crippen LogP contribution in [0.4, 0.5) is 0 Å². The average molecular weight is 365 g/mol. The van der Waals surface area contributed by atoms with Gasteiger partial charge in [-0.3, -0.25) is 4.79 Å². The first-order valence-electron chi connectivity index (χ1n) is 7.94. The molecule has 1 heterocycles. The Morgan fingerprint density at radius 2 is 1.88 bits per heavy atom. The molecule has 2 aromatic rings. The summed E-state index contributed by atoms with van der Waals surface area (Å²) in [5.41, 5.74) is 1.32. The van der Waals surface area contributed by atoms with E-state index >= 15 is 0 Å². The zero-order valence-electron chi connectivity index (χ0n) is 14.8. The maximum atomic E-state index is 12.4. The normalized spacial score (nSPS) is 12.8. The van der Waals surface area contributed by atoms with Crippen LogP contribution in [-0.4, -0.2) is 33.8 Å². The monoisotopic (exact) mass is 365 g/mol. The Morgan fingerprint density at radius 1 is 1.24 bits per heavy atom. The molecule has 1 aromatic heterocycles. The molecule has 0 spiro atoms. The van der Waals surface area contributed by atoms with Gasteiger partial charge in [0.25, 0.3) is 5.91 Å². The van der Waals surface area contributed by atoms with Crippen LogP contribution in [0.2, 0.25) is 0 Å². The van der Waals surface area contributed by atoms with Gasteiger partial charge < -0.3 is 14.5 Å². The minimum Gasteiger partial charge on any atom is -0.466 e. The van der Waals surface area contributed by atoms with Crippen molar-refractivity contribution >= 4 is 15.7 Å². The molecule has 0 radical (unpaired) electrons. The highest BCUT2D eigenvalue weighted by molar-refractivity contribution is 7.91. The molecule has 1 aromatic carbocycles. The topological polar surface area (TPSA) is 85.6 Å². The summed E-state index contributed by atoms with van der Waals surface area (Å²) < 4.78 is 34.5. The van der Waals surface area contributed by atoms with E-state index in [9.17, 15) is 13.2 Å². The molecule has 1 unspecified atom stereocenters. The third-order valence-corrected chi connectivity index (χ3v) is 5.62. The summed E-state index contributed by atoms with van der Waals surface area (Å²) >= 11 is 0. The highest BCUT2D eigenvalue weighted by Crippen LogP contribution is 2.21. The minimum absolute atomic E-state index is 0.0921. The Hall–Kier alpha value is -2.12. The molecule has 1 N–H and O–H groups in total. The number of ether oxygens (including phenoxy) is 1. The van der Waals surface area contributed by atoms with Crippen molar-refractivity contribution in [1.82, 2.24) is 5.32 Å². The van der Waals surface area contributed by atoms with Gasteiger partial charge in [0.05, 0.1) is 23.3 Å². The lowest BCUT2D eigenvalue weighted by atomic mass is 10.1. The van der Waals surface area contributed by atoms with Gasteiger partial charge >= 0.3 is 0 Å². The molecule has 6 nitrogen and oxygen atoms in total. The third-order valence-electron chi connectivity index (χ3n) is 3.93. The SMILES string of the molecule is COCCS(=O)(=O)c1ccc(C(=O)NC(C)c2cc(C)oc2C)cc1. The largest absolute Gasteiger partial charge is 0.466 e. The van der Waals surface area contributed by atoms with Crippen LogP contribution in [0.3, 0.4) is 0 Å². The zero-order chi connectivity index (χ0) is 18.6. The van der Waals surface area contributed by atoms with E-state index in [1.54, 1.807) is 0 Å². The summed E-state index contributed by atoms with van der Waals surface area (Å²) in [6, 6.07) is 7.58. The number of nitrogens with one attached hydrogen (secondary N) is 1. The number of benzene rings is 1. The molecule has 0 aliphatic carbocycles. The Balaban J connectivity index is 2.09. The molecule has 25 heavy (non-hydrogen) atoms. The fourth-order valence-electron chi connectivity index (χ4n) is 2.56. The lowest BCUT2D eigenvalue weighted by molar-refractivity contribution is 0.0939. The molecule has 0 aliphatic rings. The molecule has 2 rings (SSSR count). The van der Waals surface area contributed by atoms with Crippen molar-refractivity contribution in [2.24, 2.45) is 0 Å². The second kappa shape index (κ2) is 7.84. The lowest BCUT2D eigenvalue weighted by Gasteiger charge is -2.13. The molecule has 7 heteroatoms. The van der Waals surface area contributed by atoms with Crippen LogP contribution in [0, 0.1) is 13.8 Å². The van der Waals surface area contributed by atoms with E-state index in [2.05, 4.69) is 5.32 Å². The molecular formula is C18H23NO5S. The highest BCUT2D eigenvalue weighted by atomic mass is 32.2. The van der Waals surface area contributed by atoms with Gasteiger partial charge in [0.2, 0.25) is 0 Å². The first-order chi connectivity index (χ1) is 11.7.